The van der Waals surface area contributed by atoms with Crippen molar-refractivity contribution in [3.63, 3.8) is 0 Å². The Bertz CT molecular complexity index is 433. The number of carbonyl (C=O) groups excluding carboxylic acids is 1. The van der Waals surface area contributed by atoms with Gasteiger partial charge in [0.25, 0.3) is 5.91 Å². The van der Waals surface area contributed by atoms with Gasteiger partial charge in [-0.15, -0.1) is 0 Å². The Kier molecular flexibility index (Phi) is 12.7. The summed E-state index contributed by atoms with van der Waals surface area (Å²) in [6.07, 6.45) is 13.4. The van der Waals surface area contributed by atoms with Crippen LogP contribution in [0.4, 0.5) is 0 Å². The van der Waals surface area contributed by atoms with Gasteiger partial charge < -0.3 is 10.1 Å². The smallest absolute Gasteiger partial charge is 0.261 e. The molecule has 3 heteroatoms. The molecule has 1 rings (SSSR count). The van der Waals surface area contributed by atoms with E-state index in [2.05, 4.69) is 12.2 Å². The number of benzene rings is 1. The van der Waals surface area contributed by atoms with Gasteiger partial charge in [0, 0.05) is 6.54 Å². The van der Waals surface area contributed by atoms with Gasteiger partial charge in [-0.3, -0.25) is 4.79 Å². The van der Waals surface area contributed by atoms with Crippen molar-refractivity contribution in [1.29, 1.82) is 0 Å². The fourth-order valence-electron chi connectivity index (χ4n) is 2.92. The third-order valence-corrected chi connectivity index (χ3v) is 4.51. The Morgan fingerprint density at radius 3 is 2.00 bits per heavy atom. The van der Waals surface area contributed by atoms with Crippen LogP contribution in [0.2, 0.25) is 0 Å². The molecule has 0 aliphatic carbocycles. The van der Waals surface area contributed by atoms with E-state index < -0.39 is 6.10 Å². The maximum absolute atomic E-state index is 12.2. The standard InChI is InChI=1S/C22H37NO2/c1-3-5-6-7-8-9-10-11-12-16-19-23-22(24)21(4-2)25-20-17-14-13-15-18-20/h13-15,17-18,21H,3-12,16,19H2,1-2H3,(H,23,24)/t21-/m1/s1. The van der Waals surface area contributed by atoms with Gasteiger partial charge in [0.2, 0.25) is 0 Å². The van der Waals surface area contributed by atoms with Crippen LogP contribution in [0.5, 0.6) is 5.75 Å². The maximum Gasteiger partial charge on any atom is 0.261 e. The van der Waals surface area contributed by atoms with E-state index in [-0.39, 0.29) is 5.91 Å². The lowest BCUT2D eigenvalue weighted by molar-refractivity contribution is -0.128. The van der Waals surface area contributed by atoms with Gasteiger partial charge in [-0.2, -0.15) is 0 Å². The van der Waals surface area contributed by atoms with Crippen LogP contribution in [-0.2, 0) is 4.79 Å². The zero-order chi connectivity index (χ0) is 18.2. The molecule has 1 amide bonds. The first-order chi connectivity index (χ1) is 12.3. The SMILES string of the molecule is CCCCCCCCCCCCNC(=O)[C@@H](CC)Oc1ccccc1. The summed E-state index contributed by atoms with van der Waals surface area (Å²) in [6.45, 7) is 4.99. The fourth-order valence-corrected chi connectivity index (χ4v) is 2.92. The molecule has 0 unspecified atom stereocenters. The summed E-state index contributed by atoms with van der Waals surface area (Å²) in [5, 5.41) is 3.02. The van der Waals surface area contributed by atoms with Crippen LogP contribution >= 0.6 is 0 Å². The molecule has 142 valence electrons. The van der Waals surface area contributed by atoms with Gasteiger partial charge in [0.1, 0.15) is 5.75 Å². The number of nitrogens with one attached hydrogen (secondary N) is 1. The predicted octanol–water partition coefficient (Wildman–Crippen LogP) is 5.88. The Hall–Kier alpha value is -1.51. The lowest BCUT2D eigenvalue weighted by Gasteiger charge is -2.17. The fraction of sp³-hybridized carbons (Fsp3) is 0.682. The molecule has 0 aliphatic rings. The van der Waals surface area contributed by atoms with E-state index in [4.69, 9.17) is 4.74 Å². The van der Waals surface area contributed by atoms with Gasteiger partial charge in [0.05, 0.1) is 0 Å². The minimum atomic E-state index is -0.398. The number of hydrogen-bond acceptors (Lipinski definition) is 2. The highest BCUT2D eigenvalue weighted by Gasteiger charge is 2.17. The van der Waals surface area contributed by atoms with Gasteiger partial charge in [-0.05, 0) is 25.0 Å². The number of hydrogen-bond donors (Lipinski definition) is 1. The molecule has 0 radical (unpaired) electrons. The van der Waals surface area contributed by atoms with E-state index in [9.17, 15) is 4.79 Å². The molecule has 0 saturated heterocycles. The van der Waals surface area contributed by atoms with Crippen molar-refractivity contribution < 1.29 is 9.53 Å². The van der Waals surface area contributed by atoms with Crippen molar-refractivity contribution in [3.05, 3.63) is 30.3 Å². The first-order valence-corrected chi connectivity index (χ1v) is 10.3. The van der Waals surface area contributed by atoms with Crippen LogP contribution in [0.25, 0.3) is 0 Å². The molecule has 1 N–H and O–H groups in total. The van der Waals surface area contributed by atoms with Crippen molar-refractivity contribution in [1.82, 2.24) is 5.32 Å². The van der Waals surface area contributed by atoms with Gasteiger partial charge >= 0.3 is 0 Å². The predicted molar refractivity (Wildman–Crippen MR) is 106 cm³/mol. The average molecular weight is 348 g/mol. The van der Waals surface area contributed by atoms with Crippen LogP contribution < -0.4 is 10.1 Å². The monoisotopic (exact) mass is 347 g/mol. The highest BCUT2D eigenvalue weighted by Crippen LogP contribution is 2.13. The molecular weight excluding hydrogens is 310 g/mol. The Labute approximate surface area is 154 Å². The number of carbonyl (C=O) groups is 1. The van der Waals surface area contributed by atoms with Crippen LogP contribution in [-0.4, -0.2) is 18.6 Å². The third kappa shape index (κ3) is 10.9. The lowest BCUT2D eigenvalue weighted by atomic mass is 10.1. The first-order valence-electron chi connectivity index (χ1n) is 10.3. The Balaban J connectivity index is 2.02. The van der Waals surface area contributed by atoms with Crippen molar-refractivity contribution >= 4 is 5.91 Å². The highest BCUT2D eigenvalue weighted by molar-refractivity contribution is 5.81. The van der Waals surface area contributed by atoms with E-state index in [1.54, 1.807) is 0 Å². The van der Waals surface area contributed by atoms with Crippen LogP contribution in [0, 0.1) is 0 Å². The van der Waals surface area contributed by atoms with Gasteiger partial charge in [-0.25, -0.2) is 0 Å². The lowest BCUT2D eigenvalue weighted by Crippen LogP contribution is -2.38. The summed E-state index contributed by atoms with van der Waals surface area (Å²) < 4.78 is 5.76. The van der Waals surface area contributed by atoms with E-state index in [1.807, 2.05) is 37.3 Å². The van der Waals surface area contributed by atoms with E-state index >= 15 is 0 Å². The number of ether oxygens (including phenoxy) is 1. The quantitative estimate of drug-likeness (QED) is 0.402. The highest BCUT2D eigenvalue weighted by atomic mass is 16.5. The Morgan fingerprint density at radius 1 is 0.880 bits per heavy atom. The minimum Gasteiger partial charge on any atom is -0.481 e. The average Bonchev–Trinajstić information content (AvgIpc) is 2.64. The zero-order valence-electron chi connectivity index (χ0n) is 16.3. The van der Waals surface area contributed by atoms with Crippen molar-refractivity contribution in [2.75, 3.05) is 6.54 Å². The van der Waals surface area contributed by atoms with Crippen LogP contribution in [0.15, 0.2) is 30.3 Å². The topological polar surface area (TPSA) is 38.3 Å². The zero-order valence-corrected chi connectivity index (χ0v) is 16.3. The maximum atomic E-state index is 12.2. The second-order valence-corrected chi connectivity index (χ2v) is 6.80. The summed E-state index contributed by atoms with van der Waals surface area (Å²) >= 11 is 0. The summed E-state index contributed by atoms with van der Waals surface area (Å²) in [5.41, 5.74) is 0. The molecule has 0 fully saturated rings. The summed E-state index contributed by atoms with van der Waals surface area (Å²) in [5.74, 6) is 0.755. The van der Waals surface area contributed by atoms with Crippen LogP contribution in [0.3, 0.4) is 0 Å². The summed E-state index contributed by atoms with van der Waals surface area (Å²) in [7, 11) is 0. The minimum absolute atomic E-state index is 0.00211. The second-order valence-electron chi connectivity index (χ2n) is 6.80. The normalized spacial score (nSPS) is 11.9. The molecule has 0 heterocycles. The van der Waals surface area contributed by atoms with Gasteiger partial charge in [-0.1, -0.05) is 89.8 Å². The molecule has 1 atom stereocenters. The summed E-state index contributed by atoms with van der Waals surface area (Å²) in [6, 6.07) is 9.56. The van der Waals surface area contributed by atoms with Crippen LogP contribution in [0.1, 0.15) is 84.5 Å². The molecule has 25 heavy (non-hydrogen) atoms. The van der Waals surface area contributed by atoms with E-state index in [0.29, 0.717) is 6.42 Å². The third-order valence-electron chi connectivity index (χ3n) is 4.51. The molecule has 3 nitrogen and oxygen atoms in total. The number of para-hydroxylation sites is 1. The largest absolute Gasteiger partial charge is 0.481 e. The van der Waals surface area contributed by atoms with Crippen molar-refractivity contribution in [2.45, 2.75) is 90.6 Å². The van der Waals surface area contributed by atoms with Gasteiger partial charge in [0.15, 0.2) is 6.10 Å². The molecule has 0 spiro atoms. The molecule has 1 aromatic carbocycles. The van der Waals surface area contributed by atoms with E-state index in [0.717, 1.165) is 18.7 Å². The molecule has 0 bridgehead atoms. The molecule has 0 saturated carbocycles. The second kappa shape index (κ2) is 14.8. The van der Waals surface area contributed by atoms with E-state index in [1.165, 1.54) is 57.8 Å². The van der Waals surface area contributed by atoms with Crippen molar-refractivity contribution in [3.8, 4) is 5.75 Å². The number of rotatable bonds is 15. The number of amides is 1. The molecular formula is C22H37NO2. The summed E-state index contributed by atoms with van der Waals surface area (Å²) in [4.78, 5) is 12.2. The molecule has 0 aromatic heterocycles. The molecule has 0 aliphatic heterocycles. The number of unbranched alkanes of at least 4 members (excludes halogenated alkanes) is 9. The molecule has 1 aromatic rings. The van der Waals surface area contributed by atoms with Crippen molar-refractivity contribution in [2.24, 2.45) is 0 Å². The Morgan fingerprint density at radius 2 is 1.44 bits per heavy atom. The first kappa shape index (κ1) is 21.5.